The zero-order chi connectivity index (χ0) is 9.84. The average Bonchev–Trinajstić information content (AvgIpc) is 2.10. The van der Waals surface area contributed by atoms with Crippen molar-refractivity contribution in [1.82, 2.24) is 0 Å². The molecule has 0 unspecified atom stereocenters. The van der Waals surface area contributed by atoms with E-state index >= 15 is 0 Å². The Balaban J connectivity index is 0.00000169. The zero-order valence-electron chi connectivity index (χ0n) is 7.41. The molecule has 1 rings (SSSR count). The Morgan fingerprint density at radius 3 is 2.71 bits per heavy atom. The van der Waals surface area contributed by atoms with Crippen molar-refractivity contribution < 1.29 is 9.50 Å². The summed E-state index contributed by atoms with van der Waals surface area (Å²) in [6, 6.07) is 4.07. The Morgan fingerprint density at radius 1 is 1.50 bits per heavy atom. The molecule has 3 N–H and O–H groups in total. The number of nitrogens with two attached hydrogens (primary N) is 1. The van der Waals surface area contributed by atoms with Crippen LogP contribution in [0.4, 0.5) is 4.39 Å². The van der Waals surface area contributed by atoms with Crippen LogP contribution in [0.2, 0.25) is 5.02 Å². The minimum absolute atomic E-state index is 0. The first kappa shape index (κ1) is 13.7. The fraction of sp³-hybridized carbons (Fsp3) is 0.333. The second-order valence-corrected chi connectivity index (χ2v) is 3.14. The van der Waals surface area contributed by atoms with Crippen LogP contribution in [-0.4, -0.2) is 11.7 Å². The molecule has 2 nitrogen and oxygen atoms in total. The van der Waals surface area contributed by atoms with E-state index in [0.29, 0.717) is 12.0 Å². The van der Waals surface area contributed by atoms with Crippen LogP contribution in [0.25, 0.3) is 0 Å². The Labute approximate surface area is 93.3 Å². The van der Waals surface area contributed by atoms with Gasteiger partial charge in [-0.25, -0.2) is 4.39 Å². The lowest BCUT2D eigenvalue weighted by Crippen LogP contribution is -2.12. The molecule has 5 heteroatoms. The van der Waals surface area contributed by atoms with Gasteiger partial charge < -0.3 is 10.8 Å². The topological polar surface area (TPSA) is 46.2 Å². The summed E-state index contributed by atoms with van der Waals surface area (Å²) in [6.45, 7) is -0.0337. The van der Waals surface area contributed by atoms with E-state index in [2.05, 4.69) is 0 Å². The van der Waals surface area contributed by atoms with Crippen molar-refractivity contribution in [3.8, 4) is 0 Å². The van der Waals surface area contributed by atoms with Gasteiger partial charge in [-0.05, 0) is 18.1 Å². The van der Waals surface area contributed by atoms with Crippen molar-refractivity contribution in [2.45, 2.75) is 12.5 Å². The van der Waals surface area contributed by atoms with E-state index in [1.807, 2.05) is 0 Å². The maximum Gasteiger partial charge on any atom is 0.142 e. The number of benzene rings is 1. The van der Waals surface area contributed by atoms with Gasteiger partial charge in [-0.1, -0.05) is 23.7 Å². The first-order valence-corrected chi connectivity index (χ1v) is 4.35. The standard InChI is InChI=1S/C9H11ClFNO.ClH/c10-9-6(8(12)4-5-13)2-1-3-7(9)11;/h1-3,8,13H,4-5,12H2;1H/t8-;/m1./s1. The van der Waals surface area contributed by atoms with Crippen LogP contribution in [0.15, 0.2) is 18.2 Å². The van der Waals surface area contributed by atoms with Gasteiger partial charge in [-0.2, -0.15) is 0 Å². The molecule has 80 valence electrons. The van der Waals surface area contributed by atoms with Crippen LogP contribution in [0, 0.1) is 5.82 Å². The van der Waals surface area contributed by atoms with Gasteiger partial charge in [0.15, 0.2) is 0 Å². The molecule has 0 saturated carbocycles. The molecular weight excluding hydrogens is 228 g/mol. The van der Waals surface area contributed by atoms with Crippen molar-refractivity contribution >= 4 is 24.0 Å². The van der Waals surface area contributed by atoms with Crippen molar-refractivity contribution in [2.24, 2.45) is 5.73 Å². The number of rotatable bonds is 3. The van der Waals surface area contributed by atoms with E-state index in [1.165, 1.54) is 6.07 Å². The summed E-state index contributed by atoms with van der Waals surface area (Å²) in [5.41, 5.74) is 6.20. The van der Waals surface area contributed by atoms with E-state index in [0.717, 1.165) is 0 Å². The van der Waals surface area contributed by atoms with Crippen molar-refractivity contribution in [3.05, 3.63) is 34.6 Å². The van der Waals surface area contributed by atoms with Crippen molar-refractivity contribution in [3.63, 3.8) is 0 Å². The lowest BCUT2D eigenvalue weighted by atomic mass is 10.1. The number of hydrogen-bond acceptors (Lipinski definition) is 2. The second-order valence-electron chi connectivity index (χ2n) is 2.76. The van der Waals surface area contributed by atoms with E-state index in [1.54, 1.807) is 12.1 Å². The third kappa shape index (κ3) is 3.10. The fourth-order valence-electron chi connectivity index (χ4n) is 1.10. The van der Waals surface area contributed by atoms with Crippen LogP contribution in [0.1, 0.15) is 18.0 Å². The number of halogens is 3. The van der Waals surface area contributed by atoms with Gasteiger partial charge in [0.25, 0.3) is 0 Å². The van der Waals surface area contributed by atoms with Gasteiger partial charge in [-0.15, -0.1) is 12.4 Å². The minimum Gasteiger partial charge on any atom is -0.396 e. The van der Waals surface area contributed by atoms with Crippen LogP contribution < -0.4 is 5.73 Å². The molecule has 1 aromatic rings. The maximum atomic E-state index is 12.9. The first-order valence-electron chi connectivity index (χ1n) is 3.97. The van der Waals surface area contributed by atoms with Gasteiger partial charge in [-0.3, -0.25) is 0 Å². The molecule has 0 radical (unpaired) electrons. The predicted molar refractivity (Wildman–Crippen MR) is 57.3 cm³/mol. The number of hydrogen-bond donors (Lipinski definition) is 2. The lowest BCUT2D eigenvalue weighted by Gasteiger charge is -2.12. The molecule has 0 bridgehead atoms. The smallest absolute Gasteiger partial charge is 0.142 e. The average molecular weight is 240 g/mol. The number of aliphatic hydroxyl groups excluding tert-OH is 1. The molecule has 0 fully saturated rings. The molecule has 1 atom stereocenters. The minimum atomic E-state index is -0.479. The highest BCUT2D eigenvalue weighted by Gasteiger charge is 2.11. The first-order chi connectivity index (χ1) is 6.16. The van der Waals surface area contributed by atoms with E-state index in [4.69, 9.17) is 22.4 Å². The molecule has 0 spiro atoms. The van der Waals surface area contributed by atoms with E-state index < -0.39 is 11.9 Å². The largest absolute Gasteiger partial charge is 0.396 e. The molecule has 0 saturated heterocycles. The van der Waals surface area contributed by atoms with Crippen LogP contribution in [0.5, 0.6) is 0 Å². The highest BCUT2D eigenvalue weighted by molar-refractivity contribution is 6.31. The van der Waals surface area contributed by atoms with E-state index in [-0.39, 0.29) is 24.0 Å². The van der Waals surface area contributed by atoms with Crippen molar-refractivity contribution in [1.29, 1.82) is 0 Å². The van der Waals surface area contributed by atoms with Crippen LogP contribution >= 0.6 is 24.0 Å². The summed E-state index contributed by atoms with van der Waals surface area (Å²) in [5.74, 6) is -0.479. The van der Waals surface area contributed by atoms with E-state index in [9.17, 15) is 4.39 Å². The molecule has 0 amide bonds. The third-order valence-electron chi connectivity index (χ3n) is 1.82. The van der Waals surface area contributed by atoms with Crippen LogP contribution in [-0.2, 0) is 0 Å². The molecule has 0 aliphatic heterocycles. The van der Waals surface area contributed by atoms with Gasteiger partial charge in [0.2, 0.25) is 0 Å². The Bertz CT molecular complexity index is 296. The molecule has 0 heterocycles. The quantitative estimate of drug-likeness (QED) is 0.851. The second kappa shape index (κ2) is 6.19. The predicted octanol–water partition coefficient (Wildman–Crippen LogP) is 2.28. The summed E-state index contributed by atoms with van der Waals surface area (Å²) in [5, 5.41) is 8.69. The summed E-state index contributed by atoms with van der Waals surface area (Å²) in [6.07, 6.45) is 0.378. The summed E-state index contributed by atoms with van der Waals surface area (Å²) in [7, 11) is 0. The Morgan fingerprint density at radius 2 is 2.14 bits per heavy atom. The normalized spacial score (nSPS) is 12.0. The van der Waals surface area contributed by atoms with Gasteiger partial charge in [0, 0.05) is 12.6 Å². The summed E-state index contributed by atoms with van der Waals surface area (Å²) >= 11 is 5.69. The molecular formula is C9H12Cl2FNO. The highest BCUT2D eigenvalue weighted by Crippen LogP contribution is 2.25. The summed E-state index contributed by atoms with van der Waals surface area (Å²) in [4.78, 5) is 0. The van der Waals surface area contributed by atoms with Gasteiger partial charge in [0.1, 0.15) is 5.82 Å². The highest BCUT2D eigenvalue weighted by atomic mass is 35.5. The molecule has 14 heavy (non-hydrogen) atoms. The summed E-state index contributed by atoms with van der Waals surface area (Å²) < 4.78 is 12.9. The fourth-order valence-corrected chi connectivity index (χ4v) is 1.37. The number of aliphatic hydroxyl groups is 1. The molecule has 0 aliphatic rings. The monoisotopic (exact) mass is 239 g/mol. The van der Waals surface area contributed by atoms with Crippen LogP contribution in [0.3, 0.4) is 0 Å². The Hall–Kier alpha value is -0.350. The maximum absolute atomic E-state index is 12.9. The lowest BCUT2D eigenvalue weighted by molar-refractivity contribution is 0.276. The molecule has 1 aromatic carbocycles. The molecule has 0 aliphatic carbocycles. The van der Waals surface area contributed by atoms with Gasteiger partial charge in [0.05, 0.1) is 5.02 Å². The SMILES string of the molecule is Cl.N[C@H](CCO)c1cccc(F)c1Cl. The Kier molecular flexibility index (Phi) is 6.04. The third-order valence-corrected chi connectivity index (χ3v) is 2.22. The van der Waals surface area contributed by atoms with Gasteiger partial charge >= 0.3 is 0 Å². The molecule has 0 aromatic heterocycles. The zero-order valence-corrected chi connectivity index (χ0v) is 8.98. The van der Waals surface area contributed by atoms with Crippen molar-refractivity contribution in [2.75, 3.05) is 6.61 Å².